The molecule has 0 aliphatic carbocycles. The highest BCUT2D eigenvalue weighted by molar-refractivity contribution is 14.0. The van der Waals surface area contributed by atoms with E-state index < -0.39 is 0 Å². The highest BCUT2D eigenvalue weighted by atomic mass is 127. The van der Waals surface area contributed by atoms with Gasteiger partial charge in [-0.05, 0) is 36.8 Å². The Balaban J connectivity index is 0.00000544. The van der Waals surface area contributed by atoms with E-state index in [1.165, 1.54) is 0 Å². The van der Waals surface area contributed by atoms with Crippen molar-refractivity contribution in [3.05, 3.63) is 59.2 Å². The molecule has 3 N–H and O–H groups in total. The Morgan fingerprint density at radius 2 is 1.79 bits per heavy atom. The fourth-order valence-electron chi connectivity index (χ4n) is 2.95. The second kappa shape index (κ2) is 16.1. The van der Waals surface area contributed by atoms with Crippen LogP contribution in [0.3, 0.4) is 0 Å². The zero-order chi connectivity index (χ0) is 23.2. The van der Waals surface area contributed by atoms with E-state index in [9.17, 15) is 4.79 Å². The largest absolute Gasteiger partial charge is 0.497 e. The molecule has 0 saturated heterocycles. The molecule has 2 rings (SSSR count). The van der Waals surface area contributed by atoms with E-state index in [-0.39, 0.29) is 29.9 Å². The van der Waals surface area contributed by atoms with E-state index in [2.05, 4.69) is 33.1 Å². The van der Waals surface area contributed by atoms with Gasteiger partial charge >= 0.3 is 0 Å². The van der Waals surface area contributed by atoms with Crippen LogP contribution in [0.5, 0.6) is 11.5 Å². The van der Waals surface area contributed by atoms with E-state index in [0.717, 1.165) is 23.3 Å². The average molecular weight is 570 g/mol. The standard InChI is InChI=1S/C24H34N4O4.HI/c1-18-9-10-20(22(15-18)32-14-6-13-30-3)17-28-24(25-2)27-12-11-26-23(29)19-7-5-8-21(16-19)31-4;/h5,7-10,15-16H,6,11-14,17H2,1-4H3,(H,26,29)(H2,25,27,28);1H. The van der Waals surface area contributed by atoms with Crippen LogP contribution in [-0.2, 0) is 11.3 Å². The third kappa shape index (κ3) is 10.3. The van der Waals surface area contributed by atoms with Gasteiger partial charge < -0.3 is 30.2 Å². The number of aliphatic imine (C=N–C) groups is 1. The predicted molar refractivity (Wildman–Crippen MR) is 142 cm³/mol. The second-order valence-electron chi connectivity index (χ2n) is 7.15. The first-order valence-electron chi connectivity index (χ1n) is 10.7. The Bertz CT molecular complexity index is 893. The number of methoxy groups -OCH3 is 2. The van der Waals surface area contributed by atoms with Gasteiger partial charge in [-0.25, -0.2) is 0 Å². The Labute approximate surface area is 213 Å². The zero-order valence-corrected chi connectivity index (χ0v) is 22.1. The van der Waals surface area contributed by atoms with Crippen LogP contribution in [0.25, 0.3) is 0 Å². The maximum absolute atomic E-state index is 12.3. The van der Waals surface area contributed by atoms with Crippen molar-refractivity contribution < 1.29 is 19.0 Å². The summed E-state index contributed by atoms with van der Waals surface area (Å²) in [4.78, 5) is 16.5. The normalized spacial score (nSPS) is 10.7. The summed E-state index contributed by atoms with van der Waals surface area (Å²) in [6.07, 6.45) is 0.835. The minimum absolute atomic E-state index is 0. The number of hydrogen-bond acceptors (Lipinski definition) is 5. The molecule has 0 aliphatic heterocycles. The van der Waals surface area contributed by atoms with Gasteiger partial charge in [0.2, 0.25) is 0 Å². The van der Waals surface area contributed by atoms with Gasteiger partial charge in [-0.15, -0.1) is 24.0 Å². The molecule has 0 bridgehead atoms. The van der Waals surface area contributed by atoms with Crippen LogP contribution in [0.15, 0.2) is 47.5 Å². The van der Waals surface area contributed by atoms with Gasteiger partial charge in [0.15, 0.2) is 5.96 Å². The molecule has 0 aromatic heterocycles. The Morgan fingerprint density at radius 1 is 1.00 bits per heavy atom. The van der Waals surface area contributed by atoms with Gasteiger partial charge in [-0.1, -0.05) is 18.2 Å². The predicted octanol–water partition coefficient (Wildman–Crippen LogP) is 3.13. The number of ether oxygens (including phenoxy) is 3. The van der Waals surface area contributed by atoms with Crippen molar-refractivity contribution in [2.75, 3.05) is 47.6 Å². The van der Waals surface area contributed by atoms with Crippen LogP contribution in [0.2, 0.25) is 0 Å². The molecule has 33 heavy (non-hydrogen) atoms. The van der Waals surface area contributed by atoms with E-state index >= 15 is 0 Å². The fraction of sp³-hybridized carbons (Fsp3) is 0.417. The molecule has 8 nitrogen and oxygen atoms in total. The summed E-state index contributed by atoms with van der Waals surface area (Å²) in [5.41, 5.74) is 2.75. The summed E-state index contributed by atoms with van der Waals surface area (Å²) in [6.45, 7) is 4.86. The number of nitrogens with one attached hydrogen (secondary N) is 3. The van der Waals surface area contributed by atoms with Crippen LogP contribution >= 0.6 is 24.0 Å². The molecule has 0 atom stereocenters. The smallest absolute Gasteiger partial charge is 0.251 e. The zero-order valence-electron chi connectivity index (χ0n) is 19.8. The van der Waals surface area contributed by atoms with E-state index in [1.807, 2.05) is 13.0 Å². The van der Waals surface area contributed by atoms with Crippen LogP contribution in [0, 0.1) is 6.92 Å². The molecule has 0 saturated carbocycles. The summed E-state index contributed by atoms with van der Waals surface area (Å²) in [6, 6.07) is 13.2. The van der Waals surface area contributed by atoms with Crippen LogP contribution in [0.4, 0.5) is 0 Å². The molecule has 0 unspecified atom stereocenters. The van der Waals surface area contributed by atoms with Crippen molar-refractivity contribution in [3.63, 3.8) is 0 Å². The maximum atomic E-state index is 12.3. The average Bonchev–Trinajstić information content (AvgIpc) is 2.82. The van der Waals surface area contributed by atoms with Gasteiger partial charge in [-0.3, -0.25) is 9.79 Å². The number of rotatable bonds is 12. The number of nitrogens with zero attached hydrogens (tertiary/aromatic N) is 1. The molecule has 9 heteroatoms. The highest BCUT2D eigenvalue weighted by Gasteiger charge is 2.08. The van der Waals surface area contributed by atoms with Crippen molar-refractivity contribution >= 4 is 35.8 Å². The van der Waals surface area contributed by atoms with Crippen molar-refractivity contribution in [1.29, 1.82) is 0 Å². The third-order valence-corrected chi connectivity index (χ3v) is 4.68. The first-order valence-corrected chi connectivity index (χ1v) is 10.7. The summed E-state index contributed by atoms with van der Waals surface area (Å²) in [5.74, 6) is 2.00. The van der Waals surface area contributed by atoms with Crippen molar-refractivity contribution in [1.82, 2.24) is 16.0 Å². The molecule has 2 aromatic rings. The van der Waals surface area contributed by atoms with Crippen LogP contribution in [-0.4, -0.2) is 59.4 Å². The maximum Gasteiger partial charge on any atom is 0.251 e. The van der Waals surface area contributed by atoms with Crippen molar-refractivity contribution in [2.24, 2.45) is 4.99 Å². The topological polar surface area (TPSA) is 93.2 Å². The molecule has 182 valence electrons. The summed E-state index contributed by atoms with van der Waals surface area (Å²) >= 11 is 0. The van der Waals surface area contributed by atoms with E-state index in [0.29, 0.717) is 50.1 Å². The molecule has 1 amide bonds. The monoisotopic (exact) mass is 570 g/mol. The number of halogens is 1. The van der Waals surface area contributed by atoms with Gasteiger partial charge in [0, 0.05) is 57.9 Å². The molecular weight excluding hydrogens is 535 g/mol. The molecule has 0 spiro atoms. The number of benzene rings is 2. The van der Waals surface area contributed by atoms with Gasteiger partial charge in [0.25, 0.3) is 5.91 Å². The summed E-state index contributed by atoms with van der Waals surface area (Å²) in [5, 5.41) is 9.37. The number of guanidine groups is 1. The number of hydrogen-bond donors (Lipinski definition) is 3. The molecule has 0 aliphatic rings. The Hall–Kier alpha value is -2.53. The van der Waals surface area contributed by atoms with E-state index in [4.69, 9.17) is 14.2 Å². The third-order valence-electron chi connectivity index (χ3n) is 4.68. The molecular formula is C24H35IN4O4. The quantitative estimate of drug-likeness (QED) is 0.157. The summed E-state index contributed by atoms with van der Waals surface area (Å²) in [7, 11) is 4.97. The lowest BCUT2D eigenvalue weighted by atomic mass is 10.1. The van der Waals surface area contributed by atoms with Crippen LogP contribution < -0.4 is 25.4 Å². The number of amides is 1. The minimum atomic E-state index is -0.149. The van der Waals surface area contributed by atoms with E-state index in [1.54, 1.807) is 45.5 Å². The van der Waals surface area contributed by atoms with Crippen LogP contribution in [0.1, 0.15) is 27.9 Å². The lowest BCUT2D eigenvalue weighted by molar-refractivity contribution is 0.0954. The van der Waals surface area contributed by atoms with Gasteiger partial charge in [-0.2, -0.15) is 0 Å². The van der Waals surface area contributed by atoms with Gasteiger partial charge in [0.1, 0.15) is 11.5 Å². The molecule has 0 fully saturated rings. The summed E-state index contributed by atoms with van der Waals surface area (Å²) < 4.78 is 16.2. The highest BCUT2D eigenvalue weighted by Crippen LogP contribution is 2.20. The first-order chi connectivity index (χ1) is 15.6. The van der Waals surface area contributed by atoms with Crippen molar-refractivity contribution in [3.8, 4) is 11.5 Å². The lowest BCUT2D eigenvalue weighted by Gasteiger charge is -2.16. The molecule has 0 radical (unpaired) electrons. The fourth-order valence-corrected chi connectivity index (χ4v) is 2.95. The first kappa shape index (κ1) is 28.5. The van der Waals surface area contributed by atoms with Gasteiger partial charge in [0.05, 0.1) is 13.7 Å². The Kier molecular flexibility index (Phi) is 13.9. The Morgan fingerprint density at radius 3 is 2.52 bits per heavy atom. The SMILES string of the molecule is CN=C(NCCNC(=O)c1cccc(OC)c1)NCc1ccc(C)cc1OCCCOC.I. The lowest BCUT2D eigenvalue weighted by Crippen LogP contribution is -2.41. The number of aryl methyl sites for hydroxylation is 1. The second-order valence-corrected chi connectivity index (χ2v) is 7.15. The number of carbonyl (C=O) groups excluding carboxylic acids is 1. The minimum Gasteiger partial charge on any atom is -0.497 e. The number of carbonyl (C=O) groups is 1. The molecule has 0 heterocycles. The molecule has 2 aromatic carbocycles. The van der Waals surface area contributed by atoms with Crippen molar-refractivity contribution in [2.45, 2.75) is 19.9 Å².